The van der Waals surface area contributed by atoms with E-state index in [2.05, 4.69) is 11.8 Å². The molecule has 2 aromatic carbocycles. The van der Waals surface area contributed by atoms with Crippen molar-refractivity contribution in [2.24, 2.45) is 0 Å². The lowest BCUT2D eigenvalue weighted by atomic mass is 10.1. The predicted molar refractivity (Wildman–Crippen MR) is 81.8 cm³/mol. The van der Waals surface area contributed by atoms with E-state index in [0.29, 0.717) is 6.61 Å². The average Bonchev–Trinajstić information content (AvgIpc) is 2.87. The molecule has 0 saturated heterocycles. The zero-order chi connectivity index (χ0) is 14.7. The molecule has 3 rings (SSSR count). The van der Waals surface area contributed by atoms with Crippen molar-refractivity contribution >= 4 is 27.9 Å². The van der Waals surface area contributed by atoms with Crippen molar-refractivity contribution in [1.29, 1.82) is 0 Å². The third-order valence-corrected chi connectivity index (χ3v) is 3.17. The second-order valence-electron chi connectivity index (χ2n) is 4.56. The summed E-state index contributed by atoms with van der Waals surface area (Å²) >= 11 is 0. The minimum Gasteiger partial charge on any atom is -0.465 e. The molecule has 0 saturated carbocycles. The molecule has 0 aliphatic heterocycles. The van der Waals surface area contributed by atoms with E-state index in [9.17, 15) is 4.79 Å². The number of ether oxygens (including phenoxy) is 1. The van der Waals surface area contributed by atoms with Crippen LogP contribution >= 0.6 is 0 Å². The van der Waals surface area contributed by atoms with Gasteiger partial charge in [0, 0.05) is 10.8 Å². The van der Waals surface area contributed by atoms with Gasteiger partial charge in [-0.05, 0) is 19.1 Å². The number of carbonyl (C=O) groups is 1. The summed E-state index contributed by atoms with van der Waals surface area (Å²) in [7, 11) is 0. The Morgan fingerprint density at radius 1 is 1.14 bits per heavy atom. The minimum atomic E-state index is -0.304. The molecule has 0 radical (unpaired) electrons. The number of hydrogen-bond donors (Lipinski definition) is 0. The van der Waals surface area contributed by atoms with Crippen molar-refractivity contribution in [2.45, 2.75) is 13.3 Å². The lowest BCUT2D eigenvalue weighted by Gasteiger charge is -1.95. The van der Waals surface area contributed by atoms with Crippen LogP contribution < -0.4 is 0 Å². The molecule has 0 bridgehead atoms. The first kappa shape index (κ1) is 13.3. The molecule has 0 fully saturated rings. The maximum Gasteiger partial charge on any atom is 0.317 e. The van der Waals surface area contributed by atoms with E-state index in [0.717, 1.165) is 27.5 Å². The van der Waals surface area contributed by atoms with E-state index < -0.39 is 0 Å². The lowest BCUT2D eigenvalue weighted by Crippen LogP contribution is -2.01. The summed E-state index contributed by atoms with van der Waals surface area (Å²) in [5, 5.41) is 2.11. The summed E-state index contributed by atoms with van der Waals surface area (Å²) in [5.74, 6) is 5.53. The monoisotopic (exact) mass is 278 g/mol. The second-order valence-corrected chi connectivity index (χ2v) is 4.56. The fourth-order valence-electron chi connectivity index (χ4n) is 2.27. The van der Waals surface area contributed by atoms with Crippen molar-refractivity contribution in [3.63, 3.8) is 0 Å². The van der Waals surface area contributed by atoms with Crippen LogP contribution in [0.3, 0.4) is 0 Å². The zero-order valence-electron chi connectivity index (χ0n) is 11.7. The molecule has 3 aromatic rings. The number of fused-ring (bicyclic) bond motifs is 3. The highest BCUT2D eigenvalue weighted by Gasteiger charge is 2.08. The fraction of sp³-hybridized carbons (Fsp3) is 0.167. The largest absolute Gasteiger partial charge is 0.465 e. The Balaban J connectivity index is 2.00. The average molecular weight is 278 g/mol. The Hall–Kier alpha value is -2.73. The Kier molecular flexibility index (Phi) is 3.61. The molecule has 1 aromatic heterocycles. The van der Waals surface area contributed by atoms with Gasteiger partial charge in [-0.25, -0.2) is 0 Å². The van der Waals surface area contributed by atoms with Gasteiger partial charge in [0.2, 0.25) is 0 Å². The summed E-state index contributed by atoms with van der Waals surface area (Å²) in [6.45, 7) is 2.15. The number of para-hydroxylation sites is 2. The predicted octanol–water partition coefficient (Wildman–Crippen LogP) is 3.89. The second kappa shape index (κ2) is 5.72. The van der Waals surface area contributed by atoms with Crippen molar-refractivity contribution in [3.05, 3.63) is 48.0 Å². The number of benzene rings is 2. The molecular weight excluding hydrogens is 264 g/mol. The van der Waals surface area contributed by atoms with Crippen molar-refractivity contribution in [3.8, 4) is 11.8 Å². The highest BCUT2D eigenvalue weighted by Crippen LogP contribution is 2.30. The van der Waals surface area contributed by atoms with Gasteiger partial charge in [0.25, 0.3) is 0 Å². The molecule has 21 heavy (non-hydrogen) atoms. The van der Waals surface area contributed by atoms with E-state index >= 15 is 0 Å². The molecule has 3 nitrogen and oxygen atoms in total. The highest BCUT2D eigenvalue weighted by molar-refractivity contribution is 6.06. The van der Waals surface area contributed by atoms with Gasteiger partial charge in [-0.2, -0.15) is 0 Å². The SMILES string of the molecule is CCOC(=O)CC#Cc1cccc2c1oc1ccccc12. The van der Waals surface area contributed by atoms with Crippen LogP contribution in [-0.4, -0.2) is 12.6 Å². The summed E-state index contributed by atoms with van der Waals surface area (Å²) in [6, 6.07) is 13.7. The van der Waals surface area contributed by atoms with Crippen molar-refractivity contribution < 1.29 is 13.9 Å². The quantitative estimate of drug-likeness (QED) is 0.527. The van der Waals surface area contributed by atoms with E-state index in [1.54, 1.807) is 6.92 Å². The number of hydrogen-bond acceptors (Lipinski definition) is 3. The molecule has 0 aliphatic rings. The van der Waals surface area contributed by atoms with Gasteiger partial charge in [-0.15, -0.1) is 0 Å². The summed E-state index contributed by atoms with van der Waals surface area (Å²) in [5.41, 5.74) is 2.38. The van der Waals surface area contributed by atoms with Crippen LogP contribution in [0.15, 0.2) is 46.9 Å². The van der Waals surface area contributed by atoms with E-state index in [1.807, 2.05) is 42.5 Å². The molecule has 1 heterocycles. The topological polar surface area (TPSA) is 39.4 Å². The number of carbonyl (C=O) groups excluding carboxylic acids is 1. The van der Waals surface area contributed by atoms with Gasteiger partial charge in [0.05, 0.1) is 12.2 Å². The van der Waals surface area contributed by atoms with Crippen molar-refractivity contribution in [2.75, 3.05) is 6.61 Å². The molecular formula is C18H14O3. The molecule has 0 atom stereocenters. The molecule has 104 valence electrons. The summed E-state index contributed by atoms with van der Waals surface area (Å²) in [4.78, 5) is 11.3. The molecule has 0 amide bonds. The first-order valence-corrected chi connectivity index (χ1v) is 6.84. The maximum absolute atomic E-state index is 11.3. The van der Waals surface area contributed by atoms with E-state index in [1.165, 1.54) is 0 Å². The number of furan rings is 1. The zero-order valence-corrected chi connectivity index (χ0v) is 11.7. The van der Waals surface area contributed by atoms with Gasteiger partial charge < -0.3 is 9.15 Å². The molecule has 0 unspecified atom stereocenters. The third-order valence-electron chi connectivity index (χ3n) is 3.17. The Morgan fingerprint density at radius 3 is 2.81 bits per heavy atom. The van der Waals surface area contributed by atoms with Gasteiger partial charge in [-0.1, -0.05) is 42.2 Å². The Morgan fingerprint density at radius 2 is 1.95 bits per heavy atom. The first-order valence-electron chi connectivity index (χ1n) is 6.84. The van der Waals surface area contributed by atoms with Crippen LogP contribution in [0.4, 0.5) is 0 Å². The standard InChI is InChI=1S/C18H14O3/c1-2-20-17(19)12-6-8-13-7-5-10-15-14-9-3-4-11-16(14)21-18(13)15/h3-5,7,9-11H,2,12H2,1H3. The van der Waals surface area contributed by atoms with Gasteiger partial charge in [-0.3, -0.25) is 4.79 Å². The van der Waals surface area contributed by atoms with Crippen LogP contribution in [0.25, 0.3) is 21.9 Å². The summed E-state index contributed by atoms with van der Waals surface area (Å²) in [6.07, 6.45) is 0.0878. The van der Waals surface area contributed by atoms with Crippen LogP contribution in [0.2, 0.25) is 0 Å². The van der Waals surface area contributed by atoms with Crippen LogP contribution in [-0.2, 0) is 9.53 Å². The van der Waals surface area contributed by atoms with E-state index in [4.69, 9.17) is 9.15 Å². The molecule has 0 aliphatic carbocycles. The van der Waals surface area contributed by atoms with E-state index in [-0.39, 0.29) is 12.4 Å². The fourth-order valence-corrected chi connectivity index (χ4v) is 2.27. The normalized spacial score (nSPS) is 10.3. The molecule has 0 spiro atoms. The Labute approximate surface area is 122 Å². The number of rotatable bonds is 2. The van der Waals surface area contributed by atoms with Crippen LogP contribution in [0, 0.1) is 11.8 Å². The lowest BCUT2D eigenvalue weighted by molar-refractivity contribution is -0.141. The first-order chi connectivity index (χ1) is 10.3. The van der Waals surface area contributed by atoms with Gasteiger partial charge in [0.15, 0.2) is 5.58 Å². The Bertz CT molecular complexity index is 862. The van der Waals surface area contributed by atoms with Crippen LogP contribution in [0.5, 0.6) is 0 Å². The summed E-state index contributed by atoms with van der Waals surface area (Å²) < 4.78 is 10.7. The van der Waals surface area contributed by atoms with Crippen molar-refractivity contribution in [1.82, 2.24) is 0 Å². The molecule has 3 heteroatoms. The molecule has 0 N–H and O–H groups in total. The maximum atomic E-state index is 11.3. The highest BCUT2D eigenvalue weighted by atomic mass is 16.5. The number of esters is 1. The third kappa shape index (κ3) is 2.61. The van der Waals surface area contributed by atoms with Crippen LogP contribution in [0.1, 0.15) is 18.9 Å². The minimum absolute atomic E-state index is 0.0878. The smallest absolute Gasteiger partial charge is 0.317 e. The van der Waals surface area contributed by atoms with Gasteiger partial charge >= 0.3 is 5.97 Å². The van der Waals surface area contributed by atoms with Gasteiger partial charge in [0.1, 0.15) is 12.0 Å².